The van der Waals surface area contributed by atoms with Crippen LogP contribution in [0.4, 0.5) is 23.4 Å². The zero-order chi connectivity index (χ0) is 22.5. The van der Waals surface area contributed by atoms with Crippen molar-refractivity contribution in [2.24, 2.45) is 4.99 Å². The minimum absolute atomic E-state index is 0.0271. The van der Waals surface area contributed by atoms with Gasteiger partial charge in [-0.25, -0.2) is 9.98 Å². The van der Waals surface area contributed by atoms with Gasteiger partial charge in [0.05, 0.1) is 21.5 Å². The van der Waals surface area contributed by atoms with Crippen LogP contribution in [0.15, 0.2) is 23.2 Å². The lowest BCUT2D eigenvalue weighted by molar-refractivity contribution is -0.274. The van der Waals surface area contributed by atoms with E-state index in [-0.39, 0.29) is 31.9 Å². The van der Waals surface area contributed by atoms with Crippen LogP contribution in [0.1, 0.15) is 27.2 Å². The Labute approximate surface area is 179 Å². The molecule has 160 valence electrons. The number of anilines is 2. The molecule has 0 atom stereocenters. The van der Waals surface area contributed by atoms with E-state index in [1.165, 1.54) is 13.0 Å². The van der Waals surface area contributed by atoms with Crippen molar-refractivity contribution in [1.82, 2.24) is 9.97 Å². The molecule has 4 rings (SSSR count). The largest absolute Gasteiger partial charge is 0.573 e. The number of alkyl halides is 3. The molecule has 3 heterocycles. The summed E-state index contributed by atoms with van der Waals surface area (Å²) in [5, 5.41) is 13.9. The number of amides is 1. The summed E-state index contributed by atoms with van der Waals surface area (Å²) in [7, 11) is 0. The monoisotopic (exact) mass is 468 g/mol. The van der Waals surface area contributed by atoms with Crippen molar-refractivity contribution < 1.29 is 32.6 Å². The van der Waals surface area contributed by atoms with E-state index >= 15 is 0 Å². The number of nitrogens with zero attached hydrogens (tertiary/aromatic N) is 3. The van der Waals surface area contributed by atoms with Crippen molar-refractivity contribution in [3.05, 3.63) is 44.2 Å². The number of carbonyl (C=O) groups excluding carboxylic acids is 2. The van der Waals surface area contributed by atoms with Crippen molar-refractivity contribution in [2.45, 2.75) is 20.2 Å². The van der Waals surface area contributed by atoms with Crippen molar-refractivity contribution in [3.8, 4) is 11.6 Å². The number of nitrogens with one attached hydrogen (secondary N) is 1. The third kappa shape index (κ3) is 4.14. The molecule has 3 aromatic rings. The Kier molecular flexibility index (Phi) is 5.01. The van der Waals surface area contributed by atoms with E-state index in [9.17, 15) is 27.9 Å². The van der Waals surface area contributed by atoms with Crippen LogP contribution in [0.3, 0.4) is 0 Å². The lowest BCUT2D eigenvalue weighted by Gasteiger charge is -2.08. The van der Waals surface area contributed by atoms with Gasteiger partial charge in [-0.2, -0.15) is 4.98 Å². The Morgan fingerprint density at radius 3 is 2.55 bits per heavy atom. The third-order valence-electron chi connectivity index (χ3n) is 4.07. The molecule has 1 aliphatic rings. The highest BCUT2D eigenvalue weighted by atomic mass is 32.1. The van der Waals surface area contributed by atoms with Crippen LogP contribution in [0, 0.1) is 6.92 Å². The lowest BCUT2D eigenvalue weighted by atomic mass is 10.1. The lowest BCUT2D eigenvalue weighted by Crippen LogP contribution is -2.25. The van der Waals surface area contributed by atoms with Crippen molar-refractivity contribution in [1.29, 1.82) is 0 Å². The number of carbonyl (C=O) groups is 2. The van der Waals surface area contributed by atoms with E-state index in [1.807, 2.05) is 0 Å². The minimum atomic E-state index is -4.90. The predicted octanol–water partition coefficient (Wildman–Crippen LogP) is 2.82. The van der Waals surface area contributed by atoms with Gasteiger partial charge < -0.3 is 15.2 Å². The Balaban J connectivity index is 1.74. The molecule has 0 saturated heterocycles. The number of benzene rings is 1. The highest BCUT2D eigenvalue weighted by molar-refractivity contribution is 7.19. The van der Waals surface area contributed by atoms with Gasteiger partial charge >= 0.3 is 6.36 Å². The fraction of sp³-hybridized carbons (Fsp3) is 0.167. The molecule has 1 amide bonds. The maximum absolute atomic E-state index is 12.5. The number of hydrogen-bond acceptors (Lipinski definition) is 9. The molecule has 31 heavy (non-hydrogen) atoms. The van der Waals surface area contributed by atoms with Gasteiger partial charge in [0.1, 0.15) is 10.6 Å². The van der Waals surface area contributed by atoms with Gasteiger partial charge in [-0.1, -0.05) is 22.7 Å². The summed E-state index contributed by atoms with van der Waals surface area (Å²) in [6.07, 6.45) is -4.90. The number of aromatic nitrogens is 2. The summed E-state index contributed by atoms with van der Waals surface area (Å²) < 4.78 is 41.5. The number of thiazole rings is 2. The van der Waals surface area contributed by atoms with Gasteiger partial charge in [-0.3, -0.25) is 9.59 Å². The second-order valence-corrected chi connectivity index (χ2v) is 8.30. The second-order valence-electron chi connectivity index (χ2n) is 6.31. The molecule has 0 spiro atoms. The van der Waals surface area contributed by atoms with Gasteiger partial charge in [0.2, 0.25) is 5.88 Å². The summed E-state index contributed by atoms with van der Waals surface area (Å²) in [6, 6.07) is 3.30. The Hall–Kier alpha value is -3.32. The molecule has 8 nitrogen and oxygen atoms in total. The maximum atomic E-state index is 12.5. The molecule has 0 saturated carbocycles. The average Bonchev–Trinajstić information content (AvgIpc) is 3.28. The Morgan fingerprint density at radius 2 is 1.90 bits per heavy atom. The number of Topliss-reactive ketones (excluding diaryl/α,β-unsaturated/α-hetero) is 1. The molecule has 0 bridgehead atoms. The molecule has 2 aromatic heterocycles. The number of hydrogen-bond donors (Lipinski definition) is 2. The number of ketones is 1. The molecule has 13 heteroatoms. The van der Waals surface area contributed by atoms with Crippen LogP contribution in [0.25, 0.3) is 5.57 Å². The first kappa shape index (κ1) is 20.9. The summed E-state index contributed by atoms with van der Waals surface area (Å²) in [5.41, 5.74) is 0.441. The first-order valence-corrected chi connectivity index (χ1v) is 10.1. The fourth-order valence-corrected chi connectivity index (χ4v) is 4.74. The molecule has 0 fully saturated rings. The van der Waals surface area contributed by atoms with E-state index in [4.69, 9.17) is 0 Å². The third-order valence-corrected chi connectivity index (χ3v) is 6.22. The smallest absolute Gasteiger partial charge is 0.492 e. The number of rotatable bonds is 5. The van der Waals surface area contributed by atoms with Crippen molar-refractivity contribution in [3.63, 3.8) is 0 Å². The fourth-order valence-electron chi connectivity index (χ4n) is 2.91. The summed E-state index contributed by atoms with van der Waals surface area (Å²) in [4.78, 5) is 36.4. The number of ether oxygens (including phenoxy) is 1. The van der Waals surface area contributed by atoms with Crippen LogP contribution in [-0.2, 0) is 4.79 Å². The molecular formula is C18H11F3N4O4S2. The molecule has 2 N–H and O–H groups in total. The predicted molar refractivity (Wildman–Crippen MR) is 105 cm³/mol. The zero-order valence-corrected chi connectivity index (χ0v) is 17.3. The topological polar surface area (TPSA) is 114 Å². The second kappa shape index (κ2) is 7.42. The van der Waals surface area contributed by atoms with Gasteiger partial charge in [-0.05, 0) is 25.1 Å². The normalized spacial score (nSPS) is 13.2. The van der Waals surface area contributed by atoms with Crippen molar-refractivity contribution in [2.75, 3.05) is 5.32 Å². The van der Waals surface area contributed by atoms with E-state index in [2.05, 4.69) is 25.0 Å². The van der Waals surface area contributed by atoms with Crippen molar-refractivity contribution >= 4 is 50.2 Å². The molecule has 0 unspecified atom stereocenters. The van der Waals surface area contributed by atoms with Crippen LogP contribution in [0.2, 0.25) is 0 Å². The SMILES string of the molecule is CC(=O)c1sc(Nc2nc(O)c(C3=c4cc(OC(F)(F)F)ccc4=NC3=O)s2)nc1C. The maximum Gasteiger partial charge on any atom is 0.573 e. The van der Waals surface area contributed by atoms with Gasteiger partial charge in [0.25, 0.3) is 5.91 Å². The molecular weight excluding hydrogens is 457 g/mol. The standard InChI is InChI=1S/C18H11F3N4O4S2/c1-6-12(7(2)26)30-16(22-6)25-17-24-15(28)13(31-17)11-9-5-8(29-18(19,20)21)3-4-10(9)23-14(11)27/h3-5,28H,1-2H3,(H,22,24,25). The quantitative estimate of drug-likeness (QED) is 0.554. The molecule has 1 aliphatic heterocycles. The van der Waals surface area contributed by atoms with Crippen LogP contribution in [-0.4, -0.2) is 33.1 Å². The van der Waals surface area contributed by atoms with E-state index in [0.29, 0.717) is 15.7 Å². The molecule has 0 radical (unpaired) electrons. The van der Waals surface area contributed by atoms with E-state index < -0.39 is 23.9 Å². The summed E-state index contributed by atoms with van der Waals surface area (Å²) in [5.74, 6) is -1.89. The van der Waals surface area contributed by atoms with Crippen LogP contribution < -0.4 is 20.6 Å². The molecule has 0 aliphatic carbocycles. The van der Waals surface area contributed by atoms with Gasteiger partial charge in [-0.15, -0.1) is 13.2 Å². The number of fused-ring (bicyclic) bond motifs is 1. The summed E-state index contributed by atoms with van der Waals surface area (Å²) in [6.45, 7) is 3.09. The van der Waals surface area contributed by atoms with Gasteiger partial charge in [0.15, 0.2) is 16.0 Å². The number of halogens is 3. The average molecular weight is 468 g/mol. The Bertz CT molecular complexity index is 1360. The highest BCUT2D eigenvalue weighted by Gasteiger charge is 2.32. The van der Waals surface area contributed by atoms with Crippen LogP contribution >= 0.6 is 22.7 Å². The zero-order valence-electron chi connectivity index (χ0n) is 15.7. The minimum Gasteiger partial charge on any atom is -0.492 e. The first-order chi connectivity index (χ1) is 14.5. The molecule has 1 aromatic carbocycles. The van der Waals surface area contributed by atoms with Crippen LogP contribution in [0.5, 0.6) is 11.6 Å². The summed E-state index contributed by atoms with van der Waals surface area (Å²) >= 11 is 1.99. The Morgan fingerprint density at radius 1 is 1.19 bits per heavy atom. The number of aromatic hydroxyl groups is 1. The highest BCUT2D eigenvalue weighted by Crippen LogP contribution is 2.36. The number of aryl methyl sites for hydroxylation is 1. The van der Waals surface area contributed by atoms with E-state index in [1.54, 1.807) is 6.92 Å². The van der Waals surface area contributed by atoms with E-state index in [0.717, 1.165) is 34.8 Å². The first-order valence-electron chi connectivity index (χ1n) is 8.50. The van der Waals surface area contributed by atoms with Gasteiger partial charge in [0, 0.05) is 12.1 Å².